The van der Waals surface area contributed by atoms with Crippen LogP contribution in [0.15, 0.2) is 24.3 Å². The van der Waals surface area contributed by atoms with Crippen LogP contribution in [0, 0.1) is 0 Å². The van der Waals surface area contributed by atoms with Crippen molar-refractivity contribution in [3.63, 3.8) is 0 Å². The molecule has 2 aliphatic rings. The Morgan fingerprint density at radius 1 is 1.16 bits per heavy atom. The predicted molar refractivity (Wildman–Crippen MR) is 80.6 cm³/mol. The Bertz CT molecular complexity index is 418. The van der Waals surface area contributed by atoms with Crippen LogP contribution in [-0.4, -0.2) is 44.2 Å². The molecule has 0 spiro atoms. The molecular formula is C16H25N3. The van der Waals surface area contributed by atoms with E-state index in [1.165, 1.54) is 56.7 Å². The highest BCUT2D eigenvalue weighted by Gasteiger charge is 2.29. The summed E-state index contributed by atoms with van der Waals surface area (Å²) in [6.45, 7) is 5.90. The van der Waals surface area contributed by atoms with Gasteiger partial charge in [0, 0.05) is 37.9 Å². The van der Waals surface area contributed by atoms with Crippen LogP contribution in [0.2, 0.25) is 0 Å². The van der Waals surface area contributed by atoms with Crippen LogP contribution in [0.4, 0.5) is 5.69 Å². The quantitative estimate of drug-likeness (QED) is 0.896. The Morgan fingerprint density at radius 3 is 2.95 bits per heavy atom. The zero-order valence-electron chi connectivity index (χ0n) is 11.9. The van der Waals surface area contributed by atoms with Crippen LogP contribution < -0.4 is 10.2 Å². The minimum atomic E-state index is 0.783. The van der Waals surface area contributed by atoms with Crippen molar-refractivity contribution >= 4 is 5.69 Å². The Morgan fingerprint density at radius 2 is 2.05 bits per heavy atom. The molecule has 2 heterocycles. The Hall–Kier alpha value is -1.06. The molecule has 0 aliphatic carbocycles. The number of piperidine rings is 1. The smallest absolute Gasteiger partial charge is 0.0412 e. The molecule has 1 unspecified atom stereocenters. The third kappa shape index (κ3) is 2.77. The van der Waals surface area contributed by atoms with Crippen molar-refractivity contribution in [2.24, 2.45) is 0 Å². The van der Waals surface area contributed by atoms with Gasteiger partial charge in [-0.3, -0.25) is 4.90 Å². The molecule has 104 valence electrons. The van der Waals surface area contributed by atoms with Gasteiger partial charge in [0.05, 0.1) is 0 Å². The summed E-state index contributed by atoms with van der Waals surface area (Å²) in [6, 6.07) is 9.63. The van der Waals surface area contributed by atoms with Gasteiger partial charge in [0.15, 0.2) is 0 Å². The Balaban J connectivity index is 1.75. The van der Waals surface area contributed by atoms with Gasteiger partial charge in [-0.25, -0.2) is 0 Å². The van der Waals surface area contributed by atoms with E-state index >= 15 is 0 Å². The van der Waals surface area contributed by atoms with E-state index in [4.69, 9.17) is 0 Å². The third-order valence-corrected chi connectivity index (χ3v) is 4.54. The predicted octanol–water partition coefficient (Wildman–Crippen LogP) is 2.08. The number of hydrogen-bond donors (Lipinski definition) is 1. The van der Waals surface area contributed by atoms with Gasteiger partial charge in [0.2, 0.25) is 0 Å². The summed E-state index contributed by atoms with van der Waals surface area (Å²) in [6.07, 6.45) is 4.19. The maximum atomic E-state index is 3.28. The molecule has 3 heteroatoms. The monoisotopic (exact) mass is 259 g/mol. The van der Waals surface area contributed by atoms with Crippen LogP contribution in [-0.2, 0) is 6.54 Å². The van der Waals surface area contributed by atoms with E-state index in [0.717, 1.165) is 12.6 Å². The van der Waals surface area contributed by atoms with Crippen molar-refractivity contribution in [1.82, 2.24) is 10.2 Å². The van der Waals surface area contributed by atoms with E-state index in [1.54, 1.807) is 0 Å². The summed E-state index contributed by atoms with van der Waals surface area (Å²) >= 11 is 0. The average molecular weight is 259 g/mol. The third-order valence-electron chi connectivity index (χ3n) is 4.54. The normalized spacial score (nSPS) is 24.3. The molecule has 0 bridgehead atoms. The number of hydrogen-bond acceptors (Lipinski definition) is 3. The van der Waals surface area contributed by atoms with Crippen molar-refractivity contribution in [3.05, 3.63) is 29.8 Å². The van der Waals surface area contributed by atoms with Gasteiger partial charge < -0.3 is 10.2 Å². The number of fused-ring (bicyclic) bond motifs is 1. The molecule has 1 atom stereocenters. The zero-order chi connectivity index (χ0) is 13.1. The first kappa shape index (κ1) is 12.9. The number of nitrogens with zero attached hydrogens (tertiary/aromatic N) is 2. The van der Waals surface area contributed by atoms with Crippen molar-refractivity contribution in [1.29, 1.82) is 0 Å². The van der Waals surface area contributed by atoms with Gasteiger partial charge in [0.1, 0.15) is 0 Å². The fourth-order valence-electron chi connectivity index (χ4n) is 3.53. The van der Waals surface area contributed by atoms with Crippen molar-refractivity contribution in [3.8, 4) is 0 Å². The van der Waals surface area contributed by atoms with Crippen molar-refractivity contribution in [2.75, 3.05) is 38.1 Å². The van der Waals surface area contributed by atoms with E-state index < -0.39 is 0 Å². The minimum Gasteiger partial charge on any atom is -0.368 e. The molecule has 1 aromatic carbocycles. The molecule has 2 fully saturated rings. The average Bonchev–Trinajstić information content (AvgIpc) is 2.48. The van der Waals surface area contributed by atoms with E-state index in [-0.39, 0.29) is 0 Å². The van der Waals surface area contributed by atoms with E-state index in [0.29, 0.717) is 0 Å². The number of para-hydroxylation sites is 1. The number of piperazine rings is 1. The lowest BCUT2D eigenvalue weighted by atomic mass is 9.98. The van der Waals surface area contributed by atoms with E-state index in [9.17, 15) is 0 Å². The molecule has 2 saturated heterocycles. The standard InChI is InChI=1S/C16H25N3/c1-17-12-14-6-2-3-8-16(14)19-11-10-18-9-5-4-7-15(18)13-19/h2-3,6,8,15,17H,4-5,7,9-13H2,1H3. The fourth-order valence-corrected chi connectivity index (χ4v) is 3.53. The highest BCUT2D eigenvalue weighted by molar-refractivity contribution is 5.54. The van der Waals surface area contributed by atoms with Crippen molar-refractivity contribution < 1.29 is 0 Å². The summed E-state index contributed by atoms with van der Waals surface area (Å²) in [5.41, 5.74) is 2.86. The molecule has 1 N–H and O–H groups in total. The second-order valence-electron chi connectivity index (χ2n) is 5.79. The lowest BCUT2D eigenvalue weighted by Crippen LogP contribution is -2.55. The van der Waals surface area contributed by atoms with Gasteiger partial charge in [-0.05, 0) is 38.1 Å². The number of anilines is 1. The number of rotatable bonds is 3. The van der Waals surface area contributed by atoms with Crippen LogP contribution in [0.3, 0.4) is 0 Å². The van der Waals surface area contributed by atoms with Crippen LogP contribution in [0.25, 0.3) is 0 Å². The van der Waals surface area contributed by atoms with Gasteiger partial charge >= 0.3 is 0 Å². The lowest BCUT2D eigenvalue weighted by molar-refractivity contribution is 0.133. The van der Waals surface area contributed by atoms with Gasteiger partial charge in [0.25, 0.3) is 0 Å². The second kappa shape index (κ2) is 5.93. The Labute approximate surface area is 116 Å². The first-order chi connectivity index (χ1) is 9.38. The summed E-state index contributed by atoms with van der Waals surface area (Å²) in [5, 5.41) is 3.28. The molecular weight excluding hydrogens is 234 g/mol. The molecule has 0 aromatic heterocycles. The summed E-state index contributed by atoms with van der Waals surface area (Å²) in [7, 11) is 2.02. The molecule has 19 heavy (non-hydrogen) atoms. The molecule has 2 aliphatic heterocycles. The number of nitrogens with one attached hydrogen (secondary N) is 1. The van der Waals surface area contributed by atoms with Crippen LogP contribution >= 0.6 is 0 Å². The topological polar surface area (TPSA) is 18.5 Å². The van der Waals surface area contributed by atoms with Gasteiger partial charge in [-0.2, -0.15) is 0 Å². The minimum absolute atomic E-state index is 0.783. The maximum absolute atomic E-state index is 3.28. The van der Waals surface area contributed by atoms with Gasteiger partial charge in [-0.1, -0.05) is 24.6 Å². The maximum Gasteiger partial charge on any atom is 0.0412 e. The van der Waals surface area contributed by atoms with Crippen LogP contribution in [0.5, 0.6) is 0 Å². The van der Waals surface area contributed by atoms with E-state index in [2.05, 4.69) is 39.4 Å². The summed E-state index contributed by atoms with van der Waals surface area (Å²) in [4.78, 5) is 5.29. The molecule has 1 aromatic rings. The first-order valence-electron chi connectivity index (χ1n) is 7.60. The second-order valence-corrected chi connectivity index (χ2v) is 5.79. The molecule has 0 amide bonds. The van der Waals surface area contributed by atoms with E-state index in [1.807, 2.05) is 7.05 Å². The van der Waals surface area contributed by atoms with Gasteiger partial charge in [-0.15, -0.1) is 0 Å². The summed E-state index contributed by atoms with van der Waals surface area (Å²) in [5.74, 6) is 0. The summed E-state index contributed by atoms with van der Waals surface area (Å²) < 4.78 is 0. The highest BCUT2D eigenvalue weighted by atomic mass is 15.3. The molecule has 3 nitrogen and oxygen atoms in total. The molecule has 0 radical (unpaired) electrons. The first-order valence-corrected chi connectivity index (χ1v) is 7.60. The van der Waals surface area contributed by atoms with Crippen LogP contribution in [0.1, 0.15) is 24.8 Å². The highest BCUT2D eigenvalue weighted by Crippen LogP contribution is 2.27. The van der Waals surface area contributed by atoms with Crippen molar-refractivity contribution in [2.45, 2.75) is 31.8 Å². The largest absolute Gasteiger partial charge is 0.368 e. The SMILES string of the molecule is CNCc1ccccc1N1CCN2CCCCC2C1. The molecule has 3 rings (SSSR count). The zero-order valence-corrected chi connectivity index (χ0v) is 11.9. The lowest BCUT2D eigenvalue weighted by Gasteiger charge is -2.45. The fraction of sp³-hybridized carbons (Fsp3) is 0.625. The number of benzene rings is 1. The molecule has 0 saturated carbocycles. The Kier molecular flexibility index (Phi) is 4.04.